The van der Waals surface area contributed by atoms with Gasteiger partial charge >= 0.3 is 57.4 Å². The van der Waals surface area contributed by atoms with Crippen LogP contribution in [0, 0.1) is 0 Å². The molecule has 0 bridgehead atoms. The van der Waals surface area contributed by atoms with E-state index in [1.807, 2.05) is 24.3 Å². The number of rotatable bonds is 4. The Morgan fingerprint density at radius 2 is 1.96 bits per heavy atom. The molecule has 1 aliphatic heterocycles. The Morgan fingerprint density at radius 3 is 2.65 bits per heavy atom. The average Bonchev–Trinajstić information content (AvgIpc) is 2.78. The van der Waals surface area contributed by atoms with Crippen LogP contribution in [0.2, 0.25) is 0 Å². The van der Waals surface area contributed by atoms with Gasteiger partial charge in [-0.05, 0) is 12.5 Å². The molecule has 1 heterocycles. The number of hydrogen-bond acceptors (Lipinski definition) is 5. The summed E-state index contributed by atoms with van der Waals surface area (Å²) in [4.78, 5) is 25.0. The van der Waals surface area contributed by atoms with Crippen LogP contribution in [0.15, 0.2) is 24.3 Å². The van der Waals surface area contributed by atoms with Crippen molar-refractivity contribution in [1.29, 1.82) is 0 Å². The molecule has 1 aliphatic rings. The van der Waals surface area contributed by atoms with Gasteiger partial charge in [-0.1, -0.05) is 18.2 Å². The monoisotopic (exact) mass is 363 g/mol. The van der Waals surface area contributed by atoms with Gasteiger partial charge in [-0.15, -0.1) is 0 Å². The van der Waals surface area contributed by atoms with E-state index in [0.29, 0.717) is 32.5 Å². The number of para-hydroxylation sites is 1. The fourth-order valence-electron chi connectivity index (χ4n) is 2.18. The van der Waals surface area contributed by atoms with E-state index in [-0.39, 0.29) is 69.7 Å². The fourth-order valence-corrected chi connectivity index (χ4v) is 2.18. The van der Waals surface area contributed by atoms with Crippen molar-refractivity contribution in [2.75, 3.05) is 26.5 Å². The second kappa shape index (κ2) is 13.3. The van der Waals surface area contributed by atoms with Crippen LogP contribution in [0.3, 0.4) is 0 Å². The molecule has 7 heteroatoms. The molecule has 0 N–H and O–H groups in total. The molecule has 0 atom stereocenters. The van der Waals surface area contributed by atoms with Crippen molar-refractivity contribution in [3.05, 3.63) is 29.8 Å². The van der Waals surface area contributed by atoms with Gasteiger partial charge in [0.1, 0.15) is 12.4 Å². The van der Waals surface area contributed by atoms with Gasteiger partial charge in [0.25, 0.3) is 0 Å². The molecule has 0 spiro atoms. The summed E-state index contributed by atoms with van der Waals surface area (Å²) in [5.41, 5.74) is 1.02. The molecule has 1 aromatic carbocycles. The Balaban J connectivity index is 0.00000155. The van der Waals surface area contributed by atoms with E-state index in [1.54, 1.807) is 11.2 Å². The van der Waals surface area contributed by atoms with Gasteiger partial charge in [0.05, 0.1) is 13.7 Å². The molecule has 23 heavy (non-hydrogen) atoms. The minimum absolute atomic E-state index is 0. The van der Waals surface area contributed by atoms with Gasteiger partial charge < -0.3 is 27.0 Å². The first kappa shape index (κ1) is 22.9. The van der Waals surface area contributed by atoms with Crippen LogP contribution in [-0.2, 0) is 33.5 Å². The van der Waals surface area contributed by atoms with Crippen LogP contribution in [0.5, 0.6) is 5.75 Å². The topological polar surface area (TPSA) is 55.8 Å². The molecule has 0 fully saturated rings. The van der Waals surface area contributed by atoms with Crippen LogP contribution in [-0.4, -0.2) is 43.3 Å². The first-order valence-electron chi connectivity index (χ1n) is 7.17. The SMILES string of the molecule is COC(=O)CCCC(=O)N1CCOc2ccccc2C1.C[S-].[K+]. The van der Waals surface area contributed by atoms with Crippen molar-refractivity contribution >= 4 is 24.5 Å². The number of fused-ring (bicyclic) bond motifs is 1. The maximum absolute atomic E-state index is 12.1. The van der Waals surface area contributed by atoms with Crippen molar-refractivity contribution in [3.8, 4) is 5.75 Å². The molecule has 2 rings (SSSR count). The van der Waals surface area contributed by atoms with Crippen molar-refractivity contribution < 1.29 is 70.4 Å². The van der Waals surface area contributed by atoms with Crippen LogP contribution in [0.4, 0.5) is 0 Å². The Morgan fingerprint density at radius 1 is 1.26 bits per heavy atom. The molecule has 0 saturated carbocycles. The van der Waals surface area contributed by atoms with E-state index in [4.69, 9.17) is 4.74 Å². The van der Waals surface area contributed by atoms with Crippen LogP contribution >= 0.6 is 0 Å². The quantitative estimate of drug-likeness (QED) is 0.387. The molecule has 0 aliphatic carbocycles. The minimum Gasteiger partial charge on any atom is -0.796 e. The number of esters is 1. The van der Waals surface area contributed by atoms with E-state index in [2.05, 4.69) is 17.4 Å². The summed E-state index contributed by atoms with van der Waals surface area (Å²) in [6.07, 6.45) is 2.74. The summed E-state index contributed by atoms with van der Waals surface area (Å²) in [5, 5.41) is 0. The molecular weight excluding hydrogens is 341 g/mol. The first-order valence-corrected chi connectivity index (χ1v) is 7.98. The van der Waals surface area contributed by atoms with E-state index >= 15 is 0 Å². The molecular formula is C16H22KNO4S. The van der Waals surface area contributed by atoms with E-state index < -0.39 is 0 Å². The molecule has 0 aromatic heterocycles. The minimum atomic E-state index is -0.276. The van der Waals surface area contributed by atoms with Crippen molar-refractivity contribution in [2.24, 2.45) is 0 Å². The number of carbonyl (C=O) groups is 2. The third kappa shape index (κ3) is 8.04. The normalized spacial score (nSPS) is 12.4. The molecule has 0 saturated heterocycles. The van der Waals surface area contributed by atoms with Crippen molar-refractivity contribution in [1.82, 2.24) is 4.90 Å². The Hall–Kier alpha value is -0.0536. The Labute approximate surface area is 185 Å². The van der Waals surface area contributed by atoms with Gasteiger partial charge in [-0.25, -0.2) is 0 Å². The van der Waals surface area contributed by atoms with Crippen molar-refractivity contribution in [3.63, 3.8) is 0 Å². The predicted molar refractivity (Wildman–Crippen MR) is 86.5 cm³/mol. The number of nitrogens with zero attached hydrogens (tertiary/aromatic N) is 1. The van der Waals surface area contributed by atoms with E-state index in [0.717, 1.165) is 11.3 Å². The standard InChI is InChI=1S/C15H19NO4.CH4S.K/c1-19-15(18)8-4-7-14(17)16-9-10-20-13-6-3-2-5-12(13)11-16;1-2;/h2-3,5-6H,4,7-11H2,1H3;2H,1H3;/q;;+1/p-1. The summed E-state index contributed by atoms with van der Waals surface area (Å²) in [6.45, 7) is 1.64. The maximum Gasteiger partial charge on any atom is 1.00 e. The zero-order valence-electron chi connectivity index (χ0n) is 14.0. The van der Waals surface area contributed by atoms with Gasteiger partial charge in [0.2, 0.25) is 5.91 Å². The summed E-state index contributed by atoms with van der Waals surface area (Å²) < 4.78 is 10.2. The number of amides is 1. The van der Waals surface area contributed by atoms with Gasteiger partial charge in [-0.3, -0.25) is 9.59 Å². The third-order valence-corrected chi connectivity index (χ3v) is 3.30. The summed E-state index contributed by atoms with van der Waals surface area (Å²) in [5.74, 6) is 0.619. The van der Waals surface area contributed by atoms with Crippen LogP contribution < -0.4 is 56.1 Å². The Kier molecular flexibility index (Phi) is 13.2. The maximum atomic E-state index is 12.1. The largest absolute Gasteiger partial charge is 1.00 e. The van der Waals surface area contributed by atoms with Crippen LogP contribution in [0.1, 0.15) is 24.8 Å². The van der Waals surface area contributed by atoms with Crippen LogP contribution in [0.25, 0.3) is 0 Å². The average molecular weight is 364 g/mol. The van der Waals surface area contributed by atoms with Crippen molar-refractivity contribution in [2.45, 2.75) is 25.8 Å². The first-order chi connectivity index (χ1) is 10.7. The number of carbonyl (C=O) groups excluding carboxylic acids is 2. The zero-order valence-corrected chi connectivity index (χ0v) is 18.0. The van der Waals surface area contributed by atoms with Gasteiger partial charge in [-0.2, -0.15) is 6.26 Å². The molecule has 122 valence electrons. The van der Waals surface area contributed by atoms with Gasteiger partial charge in [0, 0.05) is 24.9 Å². The summed E-state index contributed by atoms with van der Waals surface area (Å²) in [7, 11) is 1.35. The molecule has 0 unspecified atom stereocenters. The zero-order chi connectivity index (χ0) is 16.4. The third-order valence-electron chi connectivity index (χ3n) is 3.30. The molecule has 1 aromatic rings. The summed E-state index contributed by atoms with van der Waals surface area (Å²) >= 11 is 4.08. The fraction of sp³-hybridized carbons (Fsp3) is 0.500. The molecule has 1 amide bonds. The molecule has 0 radical (unpaired) electrons. The predicted octanol–water partition coefficient (Wildman–Crippen LogP) is -1.08. The second-order valence-corrected chi connectivity index (χ2v) is 4.70. The Bertz CT molecular complexity index is 499. The number of ether oxygens (including phenoxy) is 2. The van der Waals surface area contributed by atoms with E-state index in [9.17, 15) is 9.59 Å². The number of hydrogen-bond donors (Lipinski definition) is 0. The smallest absolute Gasteiger partial charge is 0.796 e. The summed E-state index contributed by atoms with van der Waals surface area (Å²) in [6, 6.07) is 7.75. The number of methoxy groups -OCH3 is 1. The number of benzene rings is 1. The molecule has 5 nitrogen and oxygen atoms in total. The second-order valence-electron chi connectivity index (χ2n) is 4.70. The van der Waals surface area contributed by atoms with E-state index in [1.165, 1.54) is 7.11 Å². The van der Waals surface area contributed by atoms with Gasteiger partial charge in [0.15, 0.2) is 0 Å².